The van der Waals surface area contributed by atoms with Gasteiger partial charge in [-0.25, -0.2) is 0 Å². The summed E-state index contributed by atoms with van der Waals surface area (Å²) in [4.78, 5) is 5.23. The summed E-state index contributed by atoms with van der Waals surface area (Å²) in [5.41, 5.74) is 5.64. The maximum absolute atomic E-state index is 9.31. The third-order valence-corrected chi connectivity index (χ3v) is 4.67. The Balaban J connectivity index is 1.95. The van der Waals surface area contributed by atoms with Crippen LogP contribution in [0.1, 0.15) is 40.0 Å². The summed E-state index contributed by atoms with van der Waals surface area (Å²) in [5, 5.41) is 9.31. The average Bonchev–Trinajstić information content (AvgIpc) is 2.74. The molecule has 4 nitrogen and oxygen atoms in total. The van der Waals surface area contributed by atoms with Crippen LogP contribution in [-0.2, 0) is 0 Å². The minimum absolute atomic E-state index is 0.0646. The summed E-state index contributed by atoms with van der Waals surface area (Å²) in [6.07, 6.45) is 3.56. The van der Waals surface area contributed by atoms with E-state index in [1.165, 1.54) is 32.5 Å². The second-order valence-electron chi connectivity index (χ2n) is 6.70. The molecule has 0 spiro atoms. The predicted octanol–water partition coefficient (Wildman–Crippen LogP) is 0.643. The average molecular weight is 255 g/mol. The summed E-state index contributed by atoms with van der Waals surface area (Å²) in [6.45, 7) is 10.2. The van der Waals surface area contributed by atoms with Gasteiger partial charge in [0, 0.05) is 36.8 Å². The van der Waals surface area contributed by atoms with Crippen LogP contribution in [0.15, 0.2) is 0 Å². The molecule has 2 saturated heterocycles. The minimum Gasteiger partial charge on any atom is -0.394 e. The summed E-state index contributed by atoms with van der Waals surface area (Å²) in [5.74, 6) is 0. The molecular weight excluding hydrogens is 226 g/mol. The predicted molar refractivity (Wildman–Crippen MR) is 74.5 cm³/mol. The topological polar surface area (TPSA) is 52.7 Å². The molecule has 2 aliphatic rings. The summed E-state index contributed by atoms with van der Waals surface area (Å²) in [7, 11) is 0. The van der Waals surface area contributed by atoms with Gasteiger partial charge in [0.25, 0.3) is 0 Å². The zero-order valence-electron chi connectivity index (χ0n) is 12.1. The van der Waals surface area contributed by atoms with Crippen molar-refractivity contribution in [1.29, 1.82) is 0 Å². The van der Waals surface area contributed by atoms with Gasteiger partial charge >= 0.3 is 0 Å². The summed E-state index contributed by atoms with van der Waals surface area (Å²) >= 11 is 0. The van der Waals surface area contributed by atoms with E-state index >= 15 is 0 Å². The van der Waals surface area contributed by atoms with Crippen LogP contribution in [0.5, 0.6) is 0 Å². The Kier molecular flexibility index (Phi) is 4.32. The van der Waals surface area contributed by atoms with E-state index in [1.54, 1.807) is 0 Å². The third kappa shape index (κ3) is 3.05. The van der Waals surface area contributed by atoms with Crippen molar-refractivity contribution in [1.82, 2.24) is 9.80 Å². The monoisotopic (exact) mass is 255 g/mol. The van der Waals surface area contributed by atoms with Crippen LogP contribution < -0.4 is 5.73 Å². The number of hydrogen-bond acceptors (Lipinski definition) is 4. The molecule has 4 unspecified atom stereocenters. The highest BCUT2D eigenvalue weighted by atomic mass is 16.3. The van der Waals surface area contributed by atoms with Crippen LogP contribution in [0.25, 0.3) is 0 Å². The van der Waals surface area contributed by atoms with Crippen molar-refractivity contribution in [2.45, 2.75) is 63.7 Å². The Hall–Kier alpha value is -0.160. The lowest BCUT2D eigenvalue weighted by molar-refractivity contribution is 0.0208. The highest BCUT2D eigenvalue weighted by molar-refractivity contribution is 4.94. The Morgan fingerprint density at radius 1 is 1.44 bits per heavy atom. The van der Waals surface area contributed by atoms with Crippen LogP contribution in [0, 0.1) is 0 Å². The lowest BCUT2D eigenvalue weighted by Gasteiger charge is -2.46. The van der Waals surface area contributed by atoms with Crippen LogP contribution in [0.2, 0.25) is 0 Å². The number of rotatable bonds is 4. The molecule has 2 fully saturated rings. The van der Waals surface area contributed by atoms with Gasteiger partial charge < -0.3 is 10.8 Å². The fourth-order valence-corrected chi connectivity index (χ4v) is 3.68. The van der Waals surface area contributed by atoms with Gasteiger partial charge in [0.05, 0.1) is 6.61 Å². The maximum Gasteiger partial charge on any atom is 0.0609 e. The number of fused-ring (bicyclic) bond motifs is 1. The van der Waals surface area contributed by atoms with E-state index in [2.05, 4.69) is 23.6 Å². The first-order valence-corrected chi connectivity index (χ1v) is 7.32. The van der Waals surface area contributed by atoms with Crippen LogP contribution in [0.3, 0.4) is 0 Å². The van der Waals surface area contributed by atoms with Gasteiger partial charge in [-0.2, -0.15) is 0 Å². The summed E-state index contributed by atoms with van der Waals surface area (Å²) in [6, 6.07) is 1.80. The van der Waals surface area contributed by atoms with Gasteiger partial charge in [0.2, 0.25) is 0 Å². The molecule has 0 saturated carbocycles. The van der Waals surface area contributed by atoms with Gasteiger partial charge in [0.1, 0.15) is 0 Å². The van der Waals surface area contributed by atoms with Crippen LogP contribution in [0.4, 0.5) is 0 Å². The SMILES string of the molecule is CC1CN2CCCC2CN1C(C)CC(C)(N)CO. The Bertz CT molecular complexity index is 282. The Morgan fingerprint density at radius 3 is 2.83 bits per heavy atom. The zero-order valence-corrected chi connectivity index (χ0v) is 12.1. The van der Waals surface area contributed by atoms with E-state index in [0.717, 1.165) is 12.5 Å². The molecule has 0 amide bonds. The van der Waals surface area contributed by atoms with Gasteiger partial charge in [-0.3, -0.25) is 9.80 Å². The first kappa shape index (κ1) is 14.3. The first-order valence-electron chi connectivity index (χ1n) is 7.32. The molecule has 3 N–H and O–H groups in total. The van der Waals surface area contributed by atoms with Crippen molar-refractivity contribution in [2.24, 2.45) is 5.73 Å². The molecule has 0 aliphatic carbocycles. The fourth-order valence-electron chi connectivity index (χ4n) is 3.68. The highest BCUT2D eigenvalue weighted by Crippen LogP contribution is 2.27. The highest BCUT2D eigenvalue weighted by Gasteiger charge is 2.37. The summed E-state index contributed by atoms with van der Waals surface area (Å²) < 4.78 is 0. The van der Waals surface area contributed by atoms with Crippen molar-refractivity contribution < 1.29 is 5.11 Å². The van der Waals surface area contributed by atoms with E-state index in [4.69, 9.17) is 5.73 Å². The van der Waals surface area contributed by atoms with Crippen molar-refractivity contribution in [3.05, 3.63) is 0 Å². The minimum atomic E-state index is -0.452. The van der Waals surface area contributed by atoms with E-state index in [0.29, 0.717) is 12.1 Å². The molecule has 0 aromatic heterocycles. The molecule has 18 heavy (non-hydrogen) atoms. The molecular formula is C14H29N3O. The van der Waals surface area contributed by atoms with Crippen molar-refractivity contribution in [3.8, 4) is 0 Å². The lowest BCUT2D eigenvalue weighted by atomic mass is 9.93. The molecule has 0 aromatic rings. The molecule has 106 valence electrons. The van der Waals surface area contributed by atoms with Crippen molar-refractivity contribution in [3.63, 3.8) is 0 Å². The fraction of sp³-hybridized carbons (Fsp3) is 1.00. The lowest BCUT2D eigenvalue weighted by Crippen LogP contribution is -2.59. The van der Waals surface area contributed by atoms with Crippen molar-refractivity contribution >= 4 is 0 Å². The zero-order chi connectivity index (χ0) is 13.3. The Morgan fingerprint density at radius 2 is 2.17 bits per heavy atom. The number of aliphatic hydroxyl groups excluding tert-OH is 1. The molecule has 2 rings (SSSR count). The van der Waals surface area contributed by atoms with Gasteiger partial charge in [-0.15, -0.1) is 0 Å². The second kappa shape index (κ2) is 5.45. The first-order chi connectivity index (χ1) is 8.43. The molecule has 2 heterocycles. The third-order valence-electron chi connectivity index (χ3n) is 4.67. The smallest absolute Gasteiger partial charge is 0.0609 e. The van der Waals surface area contributed by atoms with Gasteiger partial charge in [-0.05, 0) is 46.6 Å². The van der Waals surface area contributed by atoms with Crippen LogP contribution in [-0.4, -0.2) is 64.8 Å². The van der Waals surface area contributed by atoms with E-state index in [-0.39, 0.29) is 6.61 Å². The van der Waals surface area contributed by atoms with E-state index in [1.807, 2.05) is 6.92 Å². The maximum atomic E-state index is 9.31. The number of nitrogens with zero attached hydrogens (tertiary/aromatic N) is 2. The van der Waals surface area contributed by atoms with Gasteiger partial charge in [-0.1, -0.05) is 0 Å². The van der Waals surface area contributed by atoms with E-state index < -0.39 is 5.54 Å². The van der Waals surface area contributed by atoms with Gasteiger partial charge in [0.15, 0.2) is 0 Å². The normalized spacial score (nSPS) is 35.2. The molecule has 4 heteroatoms. The number of hydrogen-bond donors (Lipinski definition) is 2. The second-order valence-corrected chi connectivity index (χ2v) is 6.70. The standard InChI is InChI=1S/C14H29N3O/c1-11(7-14(3,15)10-18)17-9-13-5-4-6-16(13)8-12(17)2/h11-13,18H,4-10,15H2,1-3H3. The van der Waals surface area contributed by atoms with Crippen LogP contribution >= 0.6 is 0 Å². The molecule has 0 aromatic carbocycles. The largest absolute Gasteiger partial charge is 0.394 e. The quantitative estimate of drug-likeness (QED) is 0.774. The molecule has 0 radical (unpaired) electrons. The number of piperazine rings is 1. The number of nitrogens with two attached hydrogens (primary N) is 1. The number of aliphatic hydroxyl groups is 1. The Labute approximate surface area is 111 Å². The van der Waals surface area contributed by atoms with E-state index in [9.17, 15) is 5.11 Å². The molecule has 0 bridgehead atoms. The molecule has 2 aliphatic heterocycles. The molecule has 4 atom stereocenters. The van der Waals surface area contributed by atoms with Crippen molar-refractivity contribution in [2.75, 3.05) is 26.2 Å².